The third-order valence-corrected chi connectivity index (χ3v) is 5.85. The number of rotatable bonds is 9. The van der Waals surface area contributed by atoms with Crippen molar-refractivity contribution in [1.82, 2.24) is 10.2 Å². The van der Waals surface area contributed by atoms with Gasteiger partial charge < -0.3 is 20.1 Å². The molecule has 11 heteroatoms. The lowest BCUT2D eigenvalue weighted by molar-refractivity contribution is -0.127. The van der Waals surface area contributed by atoms with Gasteiger partial charge >= 0.3 is 6.03 Å². The SMILES string of the molecule is CCOc1cc(/C=C2/NC(=O)N(CC(=O)Nc3ccccc3F)C2=O)cc(Cl)c1OCc1ccccc1C#N. The number of hydrogen-bond acceptors (Lipinski definition) is 6. The Morgan fingerprint density at radius 3 is 2.64 bits per heavy atom. The highest BCUT2D eigenvalue weighted by atomic mass is 35.5. The predicted octanol–water partition coefficient (Wildman–Crippen LogP) is 4.86. The minimum absolute atomic E-state index is 0.0677. The Balaban J connectivity index is 1.51. The number of carbonyl (C=O) groups is 3. The lowest BCUT2D eigenvalue weighted by Gasteiger charge is -2.15. The molecule has 4 amide bonds. The van der Waals surface area contributed by atoms with Crippen LogP contribution in [0.4, 0.5) is 14.9 Å². The van der Waals surface area contributed by atoms with Gasteiger partial charge in [-0.05, 0) is 48.9 Å². The smallest absolute Gasteiger partial charge is 0.329 e. The molecule has 0 atom stereocenters. The number of carbonyl (C=O) groups excluding carboxylic acids is 3. The van der Waals surface area contributed by atoms with Gasteiger partial charge in [0.1, 0.15) is 24.7 Å². The van der Waals surface area contributed by atoms with Crippen LogP contribution in [0.1, 0.15) is 23.6 Å². The number of benzene rings is 3. The van der Waals surface area contributed by atoms with Gasteiger partial charge in [-0.2, -0.15) is 5.26 Å². The zero-order valence-corrected chi connectivity index (χ0v) is 21.4. The number of amides is 4. The Labute approximate surface area is 228 Å². The molecule has 1 fully saturated rings. The molecule has 9 nitrogen and oxygen atoms in total. The topological polar surface area (TPSA) is 121 Å². The van der Waals surface area contributed by atoms with Crippen molar-refractivity contribution in [3.63, 3.8) is 0 Å². The van der Waals surface area contributed by atoms with E-state index in [0.717, 1.165) is 0 Å². The van der Waals surface area contributed by atoms with Gasteiger partial charge in [0.25, 0.3) is 5.91 Å². The first-order valence-electron chi connectivity index (χ1n) is 11.8. The maximum atomic E-state index is 13.8. The van der Waals surface area contributed by atoms with Gasteiger partial charge in [0.15, 0.2) is 11.5 Å². The summed E-state index contributed by atoms with van der Waals surface area (Å²) >= 11 is 6.48. The van der Waals surface area contributed by atoms with Crippen LogP contribution in [0.3, 0.4) is 0 Å². The molecule has 3 aromatic carbocycles. The standard InChI is InChI=1S/C28H22ClFN4O5/c1-2-38-24-13-17(11-20(29)26(24)39-16-19-8-4-3-7-18(19)14-31)12-23-27(36)34(28(37)33-23)15-25(35)32-22-10-6-5-9-21(22)30/h3-13H,2,15-16H2,1H3,(H,32,35)(H,33,37)/b23-12+. The molecule has 0 saturated carbocycles. The lowest BCUT2D eigenvalue weighted by Crippen LogP contribution is -2.38. The second-order valence-electron chi connectivity index (χ2n) is 8.23. The van der Waals surface area contributed by atoms with Gasteiger partial charge in [-0.3, -0.25) is 9.59 Å². The van der Waals surface area contributed by atoms with Gasteiger partial charge in [-0.1, -0.05) is 41.9 Å². The molecule has 1 aliphatic heterocycles. The number of para-hydroxylation sites is 1. The molecule has 1 saturated heterocycles. The van der Waals surface area contributed by atoms with Crippen molar-refractivity contribution < 1.29 is 28.2 Å². The number of nitriles is 1. The molecule has 198 valence electrons. The summed E-state index contributed by atoms with van der Waals surface area (Å²) in [6, 6.07) is 16.9. The molecule has 0 radical (unpaired) electrons. The van der Waals surface area contributed by atoms with Crippen LogP contribution in [0.2, 0.25) is 5.02 Å². The Hall–Kier alpha value is -4.88. The molecule has 0 aromatic heterocycles. The number of anilines is 1. The van der Waals surface area contributed by atoms with Crippen LogP contribution < -0.4 is 20.1 Å². The van der Waals surface area contributed by atoms with E-state index in [0.29, 0.717) is 33.9 Å². The maximum absolute atomic E-state index is 13.8. The van der Waals surface area contributed by atoms with E-state index < -0.39 is 30.2 Å². The van der Waals surface area contributed by atoms with E-state index in [4.69, 9.17) is 21.1 Å². The van der Waals surface area contributed by atoms with Crippen molar-refractivity contribution in [2.75, 3.05) is 18.5 Å². The molecule has 1 aliphatic rings. The maximum Gasteiger partial charge on any atom is 0.329 e. The summed E-state index contributed by atoms with van der Waals surface area (Å²) in [4.78, 5) is 38.3. The first kappa shape index (κ1) is 27.2. The number of imide groups is 1. The van der Waals surface area contributed by atoms with Crippen LogP contribution in [0.15, 0.2) is 66.4 Å². The summed E-state index contributed by atoms with van der Waals surface area (Å²) in [5.74, 6) is -1.59. The molecule has 0 aliphatic carbocycles. The Bertz CT molecular complexity index is 1520. The van der Waals surface area contributed by atoms with Crippen LogP contribution >= 0.6 is 11.6 Å². The van der Waals surface area contributed by atoms with Crippen LogP contribution in [0.5, 0.6) is 11.5 Å². The predicted molar refractivity (Wildman–Crippen MR) is 141 cm³/mol. The number of nitrogens with zero attached hydrogens (tertiary/aromatic N) is 2. The molecular weight excluding hydrogens is 527 g/mol. The van der Waals surface area contributed by atoms with E-state index in [1.807, 2.05) is 0 Å². The summed E-state index contributed by atoms with van der Waals surface area (Å²) in [6.45, 7) is 1.53. The molecule has 4 rings (SSSR count). The zero-order chi connectivity index (χ0) is 27.9. The molecule has 2 N–H and O–H groups in total. The quantitative estimate of drug-likeness (QED) is 0.291. The molecule has 0 bridgehead atoms. The Morgan fingerprint density at radius 1 is 1.15 bits per heavy atom. The molecule has 1 heterocycles. The van der Waals surface area contributed by atoms with E-state index >= 15 is 0 Å². The first-order valence-corrected chi connectivity index (χ1v) is 12.1. The van der Waals surface area contributed by atoms with Crippen molar-refractivity contribution in [1.29, 1.82) is 5.26 Å². The minimum Gasteiger partial charge on any atom is -0.490 e. The second-order valence-corrected chi connectivity index (χ2v) is 8.64. The third kappa shape index (κ3) is 6.34. The van der Waals surface area contributed by atoms with E-state index in [1.54, 1.807) is 37.3 Å². The van der Waals surface area contributed by atoms with Crippen molar-refractivity contribution in [2.45, 2.75) is 13.5 Å². The van der Waals surface area contributed by atoms with Crippen molar-refractivity contribution >= 4 is 41.2 Å². The van der Waals surface area contributed by atoms with Crippen molar-refractivity contribution in [3.8, 4) is 17.6 Å². The average molecular weight is 549 g/mol. The fourth-order valence-corrected chi connectivity index (χ4v) is 4.03. The van der Waals surface area contributed by atoms with Gasteiger partial charge in [-0.25, -0.2) is 14.1 Å². The van der Waals surface area contributed by atoms with Gasteiger partial charge in [0.05, 0.1) is 28.9 Å². The van der Waals surface area contributed by atoms with Gasteiger partial charge in [0.2, 0.25) is 5.91 Å². The molecule has 0 unspecified atom stereocenters. The van der Waals surface area contributed by atoms with E-state index in [-0.39, 0.29) is 28.8 Å². The summed E-state index contributed by atoms with van der Waals surface area (Å²) in [7, 11) is 0. The second kappa shape index (κ2) is 12.1. The van der Waals surface area contributed by atoms with E-state index in [2.05, 4.69) is 16.7 Å². The highest BCUT2D eigenvalue weighted by Crippen LogP contribution is 2.38. The lowest BCUT2D eigenvalue weighted by atomic mass is 10.1. The number of urea groups is 1. The summed E-state index contributed by atoms with van der Waals surface area (Å²) < 4.78 is 25.4. The fourth-order valence-electron chi connectivity index (χ4n) is 3.76. The minimum atomic E-state index is -0.804. The molecular formula is C28H22ClFN4O5. The number of ether oxygens (including phenoxy) is 2. The molecule has 0 spiro atoms. The first-order chi connectivity index (χ1) is 18.8. The molecule has 3 aromatic rings. The zero-order valence-electron chi connectivity index (χ0n) is 20.7. The number of nitrogens with one attached hydrogen (secondary N) is 2. The summed E-state index contributed by atoms with van der Waals surface area (Å²) in [5.41, 5.74) is 1.41. The third-order valence-electron chi connectivity index (χ3n) is 5.56. The summed E-state index contributed by atoms with van der Waals surface area (Å²) in [6.07, 6.45) is 1.39. The molecule has 39 heavy (non-hydrogen) atoms. The fraction of sp³-hybridized carbons (Fsp3) is 0.143. The van der Waals surface area contributed by atoms with Crippen molar-refractivity contribution in [3.05, 3.63) is 93.9 Å². The normalized spacial score (nSPS) is 13.7. The van der Waals surface area contributed by atoms with Crippen LogP contribution in [-0.2, 0) is 16.2 Å². The average Bonchev–Trinajstić information content (AvgIpc) is 3.17. The van der Waals surface area contributed by atoms with Crippen LogP contribution in [0.25, 0.3) is 6.08 Å². The Morgan fingerprint density at radius 2 is 1.90 bits per heavy atom. The summed E-state index contributed by atoms with van der Waals surface area (Å²) in [5, 5.41) is 14.2. The monoisotopic (exact) mass is 548 g/mol. The van der Waals surface area contributed by atoms with E-state index in [1.165, 1.54) is 36.4 Å². The number of halogens is 2. The number of hydrogen-bond donors (Lipinski definition) is 2. The van der Waals surface area contributed by atoms with Crippen molar-refractivity contribution in [2.24, 2.45) is 0 Å². The van der Waals surface area contributed by atoms with Crippen LogP contribution in [0, 0.1) is 17.1 Å². The largest absolute Gasteiger partial charge is 0.490 e. The van der Waals surface area contributed by atoms with E-state index in [9.17, 15) is 24.0 Å². The van der Waals surface area contributed by atoms with Gasteiger partial charge in [0, 0.05) is 5.56 Å². The Kier molecular flexibility index (Phi) is 8.43. The highest BCUT2D eigenvalue weighted by molar-refractivity contribution is 6.32. The van der Waals surface area contributed by atoms with Gasteiger partial charge in [-0.15, -0.1) is 0 Å². The highest BCUT2D eigenvalue weighted by Gasteiger charge is 2.35. The van der Waals surface area contributed by atoms with Crippen LogP contribution in [-0.4, -0.2) is 35.9 Å².